The van der Waals surface area contributed by atoms with Gasteiger partial charge in [0.2, 0.25) is 19.7 Å². The van der Waals surface area contributed by atoms with Gasteiger partial charge in [-0.05, 0) is 38.1 Å². The number of hydrogen-bond acceptors (Lipinski definition) is 5. The first kappa shape index (κ1) is 20.9. The predicted octanol–water partition coefficient (Wildman–Crippen LogP) is 3.25. The molecule has 0 aromatic heterocycles. The lowest BCUT2D eigenvalue weighted by Gasteiger charge is -2.15. The van der Waals surface area contributed by atoms with Crippen LogP contribution in [0.2, 0.25) is 0 Å². The van der Waals surface area contributed by atoms with Gasteiger partial charge >= 0.3 is 0 Å². The molecule has 0 amide bonds. The fraction of sp³-hybridized carbons (Fsp3) is 0.235. The summed E-state index contributed by atoms with van der Waals surface area (Å²) in [7, 11) is -8.56. The first-order valence-corrected chi connectivity index (χ1v) is 11.4. The van der Waals surface area contributed by atoms with Gasteiger partial charge in [-0.25, -0.2) is 16.8 Å². The van der Waals surface area contributed by atoms with Crippen LogP contribution in [0.5, 0.6) is 0 Å². The molecule has 0 aliphatic rings. The van der Waals surface area contributed by atoms with Gasteiger partial charge in [0.15, 0.2) is 15.2 Å². The summed E-state index contributed by atoms with van der Waals surface area (Å²) in [4.78, 5) is 12.0. The van der Waals surface area contributed by atoms with E-state index in [9.17, 15) is 21.6 Å². The van der Waals surface area contributed by atoms with Crippen LogP contribution in [-0.2, 0) is 24.5 Å². The Hall–Kier alpha value is -1.41. The second-order valence-corrected chi connectivity index (χ2v) is 11.2. The zero-order chi connectivity index (χ0) is 19.7. The molecule has 2 atom stereocenters. The minimum atomic E-state index is -4.28. The van der Waals surface area contributed by atoms with E-state index < -0.39 is 34.9 Å². The zero-order valence-electron chi connectivity index (χ0n) is 13.9. The van der Waals surface area contributed by atoms with E-state index in [-0.39, 0.29) is 9.79 Å². The topological polar surface area (TPSA) is 85.3 Å². The summed E-state index contributed by atoms with van der Waals surface area (Å²) < 4.78 is 45.7. The van der Waals surface area contributed by atoms with Crippen molar-refractivity contribution in [2.45, 2.75) is 33.1 Å². The fourth-order valence-electron chi connectivity index (χ4n) is 2.10. The molecule has 0 heterocycles. The average molecular weight is 435 g/mol. The number of alkyl halides is 2. The van der Waals surface area contributed by atoms with Crippen molar-refractivity contribution in [2.24, 2.45) is 0 Å². The van der Waals surface area contributed by atoms with Crippen LogP contribution in [0.1, 0.15) is 11.1 Å². The summed E-state index contributed by atoms with van der Waals surface area (Å²) in [5.41, 5.74) is 1.64. The van der Waals surface area contributed by atoms with Crippen molar-refractivity contribution in [3.63, 3.8) is 0 Å². The summed E-state index contributed by atoms with van der Waals surface area (Å²) in [6.07, 6.45) is 0. The van der Waals surface area contributed by atoms with E-state index in [1.807, 2.05) is 0 Å². The van der Waals surface area contributed by atoms with Crippen molar-refractivity contribution in [3.8, 4) is 0 Å². The second-order valence-electron chi connectivity index (χ2n) is 5.75. The summed E-state index contributed by atoms with van der Waals surface area (Å²) in [5.74, 6) is -1.31. The minimum absolute atomic E-state index is 0.187. The molecule has 0 fully saturated rings. The van der Waals surface area contributed by atoms with Crippen LogP contribution in [-0.4, -0.2) is 32.0 Å². The number of carbonyl (C=O) groups excluding carboxylic acids is 1. The van der Waals surface area contributed by atoms with Crippen LogP contribution in [0.3, 0.4) is 0 Å². The molecule has 2 aromatic carbocycles. The zero-order valence-corrected chi connectivity index (χ0v) is 17.0. The lowest BCUT2D eigenvalue weighted by atomic mass is 10.2. The standard InChI is InChI=1S/C17H16Cl2O5S2/c1-11-3-7-13(8-4-11)25(21,22)16(18)15(20)17(19)26(23,24)14-9-5-12(2)6-10-14/h3-10,16-17H,1-2H3. The molecule has 0 aliphatic heterocycles. The van der Waals surface area contributed by atoms with Gasteiger partial charge in [-0.3, -0.25) is 4.79 Å². The molecule has 0 bridgehead atoms. The number of rotatable bonds is 6. The maximum atomic E-state index is 12.5. The molecule has 2 aromatic rings. The number of halogens is 2. The molecular weight excluding hydrogens is 419 g/mol. The van der Waals surface area contributed by atoms with Gasteiger partial charge in [-0.15, -0.1) is 0 Å². The normalized spacial score (nSPS) is 14.6. The molecule has 9 heteroatoms. The SMILES string of the molecule is Cc1ccc(S(=O)(=O)C(Cl)C(=O)C(Cl)S(=O)(=O)c2ccc(C)cc2)cc1. The van der Waals surface area contributed by atoms with Crippen molar-refractivity contribution in [2.75, 3.05) is 0 Å². The summed E-state index contributed by atoms with van der Waals surface area (Å²) in [5, 5.41) is 0. The summed E-state index contributed by atoms with van der Waals surface area (Å²) >= 11 is 11.6. The molecule has 2 rings (SSSR count). The summed E-state index contributed by atoms with van der Waals surface area (Å²) in [6.45, 7) is 3.53. The molecule has 0 radical (unpaired) electrons. The Balaban J connectivity index is 2.34. The molecular formula is C17H16Cl2O5S2. The van der Waals surface area contributed by atoms with Crippen LogP contribution >= 0.6 is 23.2 Å². The van der Waals surface area contributed by atoms with Crippen LogP contribution in [0.4, 0.5) is 0 Å². The quantitative estimate of drug-likeness (QED) is 0.651. The second kappa shape index (κ2) is 7.68. The Kier molecular flexibility index (Phi) is 6.17. The van der Waals surface area contributed by atoms with Gasteiger partial charge in [0, 0.05) is 0 Å². The van der Waals surface area contributed by atoms with Crippen LogP contribution < -0.4 is 0 Å². The van der Waals surface area contributed by atoms with Crippen molar-refractivity contribution in [1.82, 2.24) is 0 Å². The van der Waals surface area contributed by atoms with Crippen molar-refractivity contribution < 1.29 is 21.6 Å². The Bertz CT molecular complexity index is 928. The highest BCUT2D eigenvalue weighted by Gasteiger charge is 2.41. The Labute approximate surface area is 162 Å². The lowest BCUT2D eigenvalue weighted by molar-refractivity contribution is -0.115. The molecule has 0 saturated heterocycles. The highest BCUT2D eigenvalue weighted by atomic mass is 35.5. The van der Waals surface area contributed by atoms with Crippen LogP contribution in [0.25, 0.3) is 0 Å². The third kappa shape index (κ3) is 4.11. The number of ketones is 1. The predicted molar refractivity (Wildman–Crippen MR) is 101 cm³/mol. The molecule has 0 N–H and O–H groups in total. The molecule has 140 valence electrons. The van der Waals surface area contributed by atoms with E-state index >= 15 is 0 Å². The van der Waals surface area contributed by atoms with Crippen molar-refractivity contribution in [1.29, 1.82) is 0 Å². The van der Waals surface area contributed by atoms with E-state index in [2.05, 4.69) is 0 Å². The van der Waals surface area contributed by atoms with E-state index in [4.69, 9.17) is 23.2 Å². The van der Waals surface area contributed by atoms with Gasteiger partial charge < -0.3 is 0 Å². The van der Waals surface area contributed by atoms with E-state index in [1.54, 1.807) is 38.1 Å². The van der Waals surface area contributed by atoms with Crippen LogP contribution in [0, 0.1) is 13.8 Å². The van der Waals surface area contributed by atoms with Crippen molar-refractivity contribution >= 4 is 48.7 Å². The Morgan fingerprint density at radius 2 is 0.962 bits per heavy atom. The van der Waals surface area contributed by atoms with Crippen LogP contribution in [0.15, 0.2) is 58.3 Å². The molecule has 26 heavy (non-hydrogen) atoms. The monoisotopic (exact) mass is 434 g/mol. The Morgan fingerprint density at radius 1 is 0.692 bits per heavy atom. The highest BCUT2D eigenvalue weighted by Crippen LogP contribution is 2.27. The van der Waals surface area contributed by atoms with Gasteiger partial charge in [0.25, 0.3) is 0 Å². The average Bonchev–Trinajstić information content (AvgIpc) is 2.60. The summed E-state index contributed by atoms with van der Waals surface area (Å²) in [6, 6.07) is 11.4. The van der Waals surface area contributed by atoms with Gasteiger partial charge in [-0.1, -0.05) is 58.6 Å². The molecule has 2 unspecified atom stereocenters. The van der Waals surface area contributed by atoms with Gasteiger partial charge in [0.05, 0.1) is 9.79 Å². The first-order chi connectivity index (χ1) is 12.0. The minimum Gasteiger partial charge on any atom is -0.294 e. The maximum Gasteiger partial charge on any atom is 0.202 e. The fourth-order valence-corrected chi connectivity index (χ4v) is 5.67. The number of carbonyl (C=O) groups is 1. The lowest BCUT2D eigenvalue weighted by Crippen LogP contribution is -2.36. The third-order valence-corrected chi connectivity index (χ3v) is 8.94. The number of benzene rings is 2. The molecule has 0 aliphatic carbocycles. The molecule has 0 spiro atoms. The molecule has 5 nitrogen and oxygen atoms in total. The number of hydrogen-bond donors (Lipinski definition) is 0. The van der Waals surface area contributed by atoms with Gasteiger partial charge in [0.1, 0.15) is 0 Å². The third-order valence-electron chi connectivity index (χ3n) is 3.69. The van der Waals surface area contributed by atoms with E-state index in [0.717, 1.165) is 11.1 Å². The smallest absolute Gasteiger partial charge is 0.202 e. The van der Waals surface area contributed by atoms with E-state index in [1.165, 1.54) is 24.3 Å². The number of sulfone groups is 2. The number of aryl methyl sites for hydroxylation is 2. The van der Waals surface area contributed by atoms with E-state index in [0.29, 0.717) is 0 Å². The largest absolute Gasteiger partial charge is 0.294 e. The molecule has 0 saturated carbocycles. The number of Topliss-reactive ketones (excluding diaryl/α,β-unsaturated/α-hetero) is 1. The van der Waals surface area contributed by atoms with Gasteiger partial charge in [-0.2, -0.15) is 0 Å². The maximum absolute atomic E-state index is 12.5. The first-order valence-electron chi connectivity index (χ1n) is 7.41. The Morgan fingerprint density at radius 3 is 1.23 bits per heavy atom. The highest BCUT2D eigenvalue weighted by molar-refractivity contribution is 7.96. The van der Waals surface area contributed by atoms with Crippen molar-refractivity contribution in [3.05, 3.63) is 59.7 Å².